The molecule has 3 rings (SSSR count). The minimum absolute atomic E-state index is 0.0537. The van der Waals surface area contributed by atoms with Crippen LogP contribution < -0.4 is 9.47 Å². The van der Waals surface area contributed by atoms with Gasteiger partial charge in [0, 0.05) is 5.56 Å². The molecule has 0 radical (unpaired) electrons. The lowest BCUT2D eigenvalue weighted by Gasteiger charge is -2.10. The molecule has 1 aromatic carbocycles. The van der Waals surface area contributed by atoms with Gasteiger partial charge in [0.1, 0.15) is 5.25 Å². The van der Waals surface area contributed by atoms with Gasteiger partial charge in [-0.25, -0.2) is 0 Å². The third-order valence-corrected chi connectivity index (χ3v) is 4.60. The number of Topliss-reactive ketones (excluding diaryl/α,β-unsaturated/α-hetero) is 1. The van der Waals surface area contributed by atoms with E-state index < -0.39 is 11.2 Å². The lowest BCUT2D eigenvalue weighted by Crippen LogP contribution is -2.21. The normalized spacial score (nSPS) is 24.8. The zero-order valence-corrected chi connectivity index (χ0v) is 11.0. The zero-order chi connectivity index (χ0) is 13.6. The van der Waals surface area contributed by atoms with E-state index in [9.17, 15) is 14.7 Å². The molecule has 0 bridgehead atoms. The summed E-state index contributed by atoms with van der Waals surface area (Å²) in [6.45, 7) is 1.88. The van der Waals surface area contributed by atoms with Crippen LogP contribution in [0.25, 0.3) is 0 Å². The SMILES string of the molecule is CC1SC(C(=O)O)Cc2cc3c(cc2C1=O)OCO3. The summed E-state index contributed by atoms with van der Waals surface area (Å²) in [7, 11) is 0. The van der Waals surface area contributed by atoms with Crippen LogP contribution in [0.3, 0.4) is 0 Å². The van der Waals surface area contributed by atoms with Gasteiger partial charge in [-0.2, -0.15) is 0 Å². The fraction of sp³-hybridized carbons (Fsp3) is 0.385. The predicted molar refractivity (Wildman–Crippen MR) is 69.1 cm³/mol. The van der Waals surface area contributed by atoms with Crippen molar-refractivity contribution in [2.75, 3.05) is 6.79 Å². The molecule has 1 aromatic rings. The molecule has 0 amide bonds. The highest BCUT2D eigenvalue weighted by molar-refractivity contribution is 8.01. The number of fused-ring (bicyclic) bond motifs is 2. The van der Waals surface area contributed by atoms with E-state index in [0.29, 0.717) is 23.5 Å². The molecule has 5 nitrogen and oxygen atoms in total. The number of carbonyl (C=O) groups is 2. The van der Waals surface area contributed by atoms with Crippen LogP contribution in [0.2, 0.25) is 0 Å². The lowest BCUT2D eigenvalue weighted by molar-refractivity contribution is -0.136. The highest BCUT2D eigenvalue weighted by Crippen LogP contribution is 2.39. The molecule has 2 aliphatic heterocycles. The Morgan fingerprint density at radius 2 is 2.05 bits per heavy atom. The maximum absolute atomic E-state index is 12.3. The van der Waals surface area contributed by atoms with E-state index in [4.69, 9.17) is 9.47 Å². The largest absolute Gasteiger partial charge is 0.480 e. The summed E-state index contributed by atoms with van der Waals surface area (Å²) in [4.78, 5) is 23.5. The molecule has 1 N–H and O–H groups in total. The smallest absolute Gasteiger partial charge is 0.316 e. The third kappa shape index (κ3) is 2.06. The average Bonchev–Trinajstić information content (AvgIpc) is 2.78. The van der Waals surface area contributed by atoms with Gasteiger partial charge in [-0.3, -0.25) is 9.59 Å². The van der Waals surface area contributed by atoms with E-state index in [-0.39, 0.29) is 17.8 Å². The number of thioether (sulfide) groups is 1. The maximum atomic E-state index is 12.3. The molecule has 2 atom stereocenters. The molecule has 0 saturated carbocycles. The highest BCUT2D eigenvalue weighted by Gasteiger charge is 2.33. The Labute approximate surface area is 113 Å². The summed E-state index contributed by atoms with van der Waals surface area (Å²) in [6.07, 6.45) is 0.321. The summed E-state index contributed by atoms with van der Waals surface area (Å²) in [5.74, 6) is 0.186. The van der Waals surface area contributed by atoms with E-state index >= 15 is 0 Å². The molecule has 0 saturated heterocycles. The van der Waals surface area contributed by atoms with Crippen LogP contribution >= 0.6 is 11.8 Å². The Balaban J connectivity index is 2.09. The number of rotatable bonds is 1. The van der Waals surface area contributed by atoms with Gasteiger partial charge >= 0.3 is 5.97 Å². The van der Waals surface area contributed by atoms with Crippen molar-refractivity contribution in [2.24, 2.45) is 0 Å². The van der Waals surface area contributed by atoms with Crippen LogP contribution in [0.1, 0.15) is 22.8 Å². The van der Waals surface area contributed by atoms with Crippen molar-refractivity contribution in [3.8, 4) is 11.5 Å². The first-order valence-corrected chi connectivity index (χ1v) is 6.85. The Kier molecular flexibility index (Phi) is 2.89. The number of ketones is 1. The first kappa shape index (κ1) is 12.3. The minimum atomic E-state index is -0.893. The molecule has 2 aliphatic rings. The van der Waals surface area contributed by atoms with Crippen LogP contribution in [-0.4, -0.2) is 34.2 Å². The molecular formula is C13H12O5S. The third-order valence-electron chi connectivity index (χ3n) is 3.28. The minimum Gasteiger partial charge on any atom is -0.480 e. The van der Waals surface area contributed by atoms with Gasteiger partial charge in [0.2, 0.25) is 6.79 Å². The predicted octanol–water partition coefficient (Wildman–Crippen LogP) is 1.73. The number of ether oxygens (including phenoxy) is 2. The number of carboxylic acids is 1. The van der Waals surface area contributed by atoms with Gasteiger partial charge < -0.3 is 14.6 Å². The average molecular weight is 280 g/mol. The van der Waals surface area contributed by atoms with Crippen molar-refractivity contribution in [2.45, 2.75) is 23.8 Å². The Morgan fingerprint density at radius 3 is 2.74 bits per heavy atom. The van der Waals surface area contributed by atoms with E-state index in [1.54, 1.807) is 19.1 Å². The van der Waals surface area contributed by atoms with Crippen molar-refractivity contribution in [1.82, 2.24) is 0 Å². The van der Waals surface area contributed by atoms with Gasteiger partial charge in [0.05, 0.1) is 5.25 Å². The van der Waals surface area contributed by atoms with E-state index in [1.165, 1.54) is 11.8 Å². The fourth-order valence-electron chi connectivity index (χ4n) is 2.30. The Morgan fingerprint density at radius 1 is 1.37 bits per heavy atom. The number of benzene rings is 1. The van der Waals surface area contributed by atoms with Gasteiger partial charge in [-0.1, -0.05) is 0 Å². The number of hydrogen-bond acceptors (Lipinski definition) is 5. The van der Waals surface area contributed by atoms with Gasteiger partial charge in [-0.15, -0.1) is 11.8 Å². The quantitative estimate of drug-likeness (QED) is 0.844. The summed E-state index contributed by atoms with van der Waals surface area (Å²) in [5.41, 5.74) is 1.27. The van der Waals surface area contributed by atoms with E-state index in [2.05, 4.69) is 0 Å². The monoisotopic (exact) mass is 280 g/mol. The molecule has 0 aliphatic carbocycles. The maximum Gasteiger partial charge on any atom is 0.316 e. The van der Waals surface area contributed by atoms with Crippen molar-refractivity contribution in [1.29, 1.82) is 0 Å². The summed E-state index contributed by atoms with van der Waals surface area (Å²) in [6, 6.07) is 3.39. The summed E-state index contributed by atoms with van der Waals surface area (Å²) >= 11 is 1.19. The molecular weight excluding hydrogens is 268 g/mol. The van der Waals surface area contributed by atoms with Gasteiger partial charge in [0.15, 0.2) is 17.3 Å². The molecule has 0 fully saturated rings. The lowest BCUT2D eigenvalue weighted by atomic mass is 9.97. The molecule has 0 spiro atoms. The molecule has 19 heavy (non-hydrogen) atoms. The van der Waals surface area contributed by atoms with Gasteiger partial charge in [-0.05, 0) is 31.0 Å². The first-order chi connectivity index (χ1) is 9.06. The Hall–Kier alpha value is -1.69. The van der Waals surface area contributed by atoms with Gasteiger partial charge in [0.25, 0.3) is 0 Å². The van der Waals surface area contributed by atoms with Crippen molar-refractivity contribution in [3.05, 3.63) is 23.3 Å². The molecule has 100 valence electrons. The standard InChI is InChI=1S/C13H12O5S/c1-6-12(14)8-4-10-9(17-5-18-10)2-7(8)3-11(19-6)13(15)16/h2,4,6,11H,3,5H2,1H3,(H,15,16). The second-order valence-corrected chi connectivity index (χ2v) is 6.08. The van der Waals surface area contributed by atoms with E-state index in [0.717, 1.165) is 5.56 Å². The molecule has 2 heterocycles. The molecule has 6 heteroatoms. The van der Waals surface area contributed by atoms with Crippen LogP contribution in [0, 0.1) is 0 Å². The first-order valence-electron chi connectivity index (χ1n) is 5.91. The second kappa shape index (κ2) is 4.45. The van der Waals surface area contributed by atoms with E-state index in [1.807, 2.05) is 0 Å². The van der Waals surface area contributed by atoms with Crippen LogP contribution in [-0.2, 0) is 11.2 Å². The van der Waals surface area contributed by atoms with Crippen LogP contribution in [0.4, 0.5) is 0 Å². The topological polar surface area (TPSA) is 72.8 Å². The van der Waals surface area contributed by atoms with Crippen LogP contribution in [0.15, 0.2) is 12.1 Å². The van der Waals surface area contributed by atoms with Crippen molar-refractivity contribution in [3.63, 3.8) is 0 Å². The highest BCUT2D eigenvalue weighted by atomic mass is 32.2. The molecule has 2 unspecified atom stereocenters. The molecule has 0 aromatic heterocycles. The summed E-state index contributed by atoms with van der Waals surface area (Å²) < 4.78 is 10.5. The number of carboxylic acid groups (broad SMARTS) is 1. The van der Waals surface area contributed by atoms with Crippen molar-refractivity contribution < 1.29 is 24.2 Å². The number of carbonyl (C=O) groups excluding carboxylic acids is 1. The Bertz CT molecular complexity index is 568. The summed E-state index contributed by atoms with van der Waals surface area (Å²) in [5, 5.41) is 8.22. The second-order valence-electron chi connectivity index (χ2n) is 4.54. The number of hydrogen-bond donors (Lipinski definition) is 1. The zero-order valence-electron chi connectivity index (χ0n) is 10.2. The fourth-order valence-corrected chi connectivity index (χ4v) is 3.44. The number of aliphatic carboxylic acids is 1. The van der Waals surface area contributed by atoms with Crippen LogP contribution in [0.5, 0.6) is 11.5 Å². The van der Waals surface area contributed by atoms with Crippen molar-refractivity contribution >= 4 is 23.5 Å².